The first kappa shape index (κ1) is 50.4. The van der Waals surface area contributed by atoms with Gasteiger partial charge in [-0.25, -0.2) is 4.39 Å². The van der Waals surface area contributed by atoms with Gasteiger partial charge in [0, 0.05) is 145 Å². The first-order valence-corrected chi connectivity index (χ1v) is 23.6. The molecule has 350 valence electrons. The number of hydrogen-bond acceptors (Lipinski definition) is 9. The van der Waals surface area contributed by atoms with Gasteiger partial charge in [0.05, 0.1) is 7.11 Å². The van der Waals surface area contributed by atoms with Crippen molar-refractivity contribution in [2.45, 2.75) is 48.0 Å². The Labute approximate surface area is 390 Å². The van der Waals surface area contributed by atoms with E-state index in [-0.39, 0.29) is 11.7 Å². The maximum atomic E-state index is 13.4. The van der Waals surface area contributed by atoms with E-state index in [9.17, 15) is 9.18 Å². The normalized spacial score (nSPS) is 17.4. The van der Waals surface area contributed by atoms with Crippen molar-refractivity contribution < 1.29 is 13.9 Å². The summed E-state index contributed by atoms with van der Waals surface area (Å²) in [4.78, 5) is 30.0. The third-order valence-electron chi connectivity index (χ3n) is 13.1. The van der Waals surface area contributed by atoms with Gasteiger partial charge in [0.25, 0.3) is 0 Å². The van der Waals surface area contributed by atoms with E-state index < -0.39 is 0 Å². The summed E-state index contributed by atoms with van der Waals surface area (Å²) in [7, 11) is 8.17. The van der Waals surface area contributed by atoms with Gasteiger partial charge in [-0.15, -0.1) is 0 Å². The Morgan fingerprint density at radius 1 is 0.500 bits per heavy atom. The smallest absolute Gasteiger partial charge is 0.222 e. The van der Waals surface area contributed by atoms with Crippen molar-refractivity contribution in [3.05, 3.63) is 111 Å². The number of rotatable bonds is 6. The fraction of sp³-hybridized carbons (Fsp3) is 0.519. The van der Waals surface area contributed by atoms with E-state index in [4.69, 9.17) is 16.3 Å². The highest BCUT2D eigenvalue weighted by atomic mass is 35.5. The number of carbonyl (C=O) groups excluding carboxylic acids is 1. The molecule has 0 atom stereocenters. The molecule has 1 amide bonds. The summed E-state index contributed by atoms with van der Waals surface area (Å²) in [6, 6.07) is 24.9. The monoisotopic (exact) mass is 899 g/mol. The third-order valence-corrected chi connectivity index (χ3v) is 13.5. The number of nitrogens with zero attached hydrogens (tertiary/aromatic N) is 8. The first-order chi connectivity index (χ1) is 30.6. The summed E-state index contributed by atoms with van der Waals surface area (Å²) in [5, 5.41) is 0.867. The minimum Gasteiger partial charge on any atom is -0.496 e. The molecule has 10 nitrogen and oxygen atoms in total. The van der Waals surface area contributed by atoms with E-state index in [1.807, 2.05) is 37.8 Å². The molecular formula is C52H76ClFN8O2. The van der Waals surface area contributed by atoms with Crippen LogP contribution in [-0.2, 0) is 4.79 Å². The van der Waals surface area contributed by atoms with Gasteiger partial charge in [0.15, 0.2) is 0 Å². The average Bonchev–Trinajstić information content (AvgIpc) is 3.30. The van der Waals surface area contributed by atoms with E-state index in [1.165, 1.54) is 41.3 Å². The zero-order valence-electron chi connectivity index (χ0n) is 40.6. The van der Waals surface area contributed by atoms with Crippen LogP contribution in [0.2, 0.25) is 5.02 Å². The second kappa shape index (κ2) is 24.7. The van der Waals surface area contributed by atoms with Gasteiger partial charge >= 0.3 is 0 Å². The van der Waals surface area contributed by atoms with Crippen LogP contribution >= 0.6 is 11.6 Å². The van der Waals surface area contributed by atoms with Crippen molar-refractivity contribution in [1.29, 1.82) is 0 Å². The number of aryl methyl sites for hydroxylation is 5. The molecule has 4 aliphatic rings. The summed E-state index contributed by atoms with van der Waals surface area (Å²) in [5.41, 5.74) is 10.6. The highest BCUT2D eigenvalue weighted by Crippen LogP contribution is 2.27. The van der Waals surface area contributed by atoms with Crippen LogP contribution in [0.4, 0.5) is 27.1 Å². The van der Waals surface area contributed by atoms with Crippen LogP contribution in [0.5, 0.6) is 5.75 Å². The number of hydrogen-bond donors (Lipinski definition) is 0. The molecule has 4 aliphatic heterocycles. The zero-order chi connectivity index (χ0) is 46.3. The Kier molecular flexibility index (Phi) is 19.4. The number of piperazine rings is 4. The van der Waals surface area contributed by atoms with Gasteiger partial charge < -0.3 is 43.9 Å². The summed E-state index contributed by atoms with van der Waals surface area (Å²) < 4.78 is 18.7. The Morgan fingerprint density at radius 3 is 1.28 bits per heavy atom. The minimum atomic E-state index is -0.105. The van der Waals surface area contributed by atoms with E-state index in [0.717, 1.165) is 119 Å². The van der Waals surface area contributed by atoms with Gasteiger partial charge in [0.2, 0.25) is 5.91 Å². The van der Waals surface area contributed by atoms with Crippen LogP contribution < -0.4 is 24.3 Å². The summed E-state index contributed by atoms with van der Waals surface area (Å²) in [5.74, 6) is 1.07. The molecule has 0 unspecified atom stereocenters. The first-order valence-electron chi connectivity index (χ1n) is 23.2. The van der Waals surface area contributed by atoms with Crippen molar-refractivity contribution >= 4 is 40.3 Å². The lowest BCUT2D eigenvalue weighted by Gasteiger charge is -2.36. The van der Waals surface area contributed by atoms with Crippen LogP contribution in [0.1, 0.15) is 41.2 Å². The summed E-state index contributed by atoms with van der Waals surface area (Å²) in [6.45, 7) is 28.7. The molecule has 4 aromatic carbocycles. The van der Waals surface area contributed by atoms with Crippen molar-refractivity contribution in [2.24, 2.45) is 0 Å². The lowest BCUT2D eigenvalue weighted by Crippen LogP contribution is -2.48. The lowest BCUT2D eigenvalue weighted by molar-refractivity contribution is -0.131. The average molecular weight is 900 g/mol. The number of benzene rings is 4. The molecule has 0 radical (unpaired) electrons. The number of methoxy groups -OCH3 is 1. The Balaban J connectivity index is 0.000000161. The Bertz CT molecular complexity index is 1910. The molecule has 0 saturated carbocycles. The van der Waals surface area contributed by atoms with Gasteiger partial charge in [-0.2, -0.15) is 0 Å². The Hall–Kier alpha value is -4.55. The SMILES string of the molecule is CCC(=O)N1CCN(c2ccc(C)c(OC)c2)CC1.Cc1ccc(N2CCN(C)CC2)cc1C.Cc1ccc(N2CCN(C)CC2)cc1Cl.Cc1ccc(N2CCN(C)CC2)cc1F. The Morgan fingerprint density at radius 2 is 0.875 bits per heavy atom. The quantitative estimate of drug-likeness (QED) is 0.190. The number of anilines is 4. The molecule has 4 fully saturated rings. The molecular weight excluding hydrogens is 823 g/mol. The van der Waals surface area contributed by atoms with Crippen molar-refractivity contribution in [1.82, 2.24) is 19.6 Å². The fourth-order valence-corrected chi connectivity index (χ4v) is 8.29. The topological polar surface area (TPSA) is 52.2 Å². The molecule has 0 aliphatic carbocycles. The number of halogens is 2. The maximum absolute atomic E-state index is 13.4. The van der Waals surface area contributed by atoms with Crippen molar-refractivity contribution in [3.63, 3.8) is 0 Å². The molecule has 4 heterocycles. The van der Waals surface area contributed by atoms with Gasteiger partial charge in [-0.05, 0) is 126 Å². The molecule has 64 heavy (non-hydrogen) atoms. The van der Waals surface area contributed by atoms with E-state index in [2.05, 4.69) is 124 Å². The second-order valence-corrected chi connectivity index (χ2v) is 18.3. The highest BCUT2D eigenvalue weighted by molar-refractivity contribution is 6.31. The van der Waals surface area contributed by atoms with E-state index in [0.29, 0.717) is 12.0 Å². The van der Waals surface area contributed by atoms with Crippen LogP contribution in [-0.4, -0.2) is 158 Å². The van der Waals surface area contributed by atoms with E-state index >= 15 is 0 Å². The van der Waals surface area contributed by atoms with E-state index in [1.54, 1.807) is 20.1 Å². The number of likely N-dealkylation sites (N-methyl/N-ethyl adjacent to an activating group) is 3. The van der Waals surface area contributed by atoms with Gasteiger partial charge in [-0.3, -0.25) is 4.79 Å². The molecule has 4 saturated heterocycles. The minimum absolute atomic E-state index is 0.105. The maximum Gasteiger partial charge on any atom is 0.222 e. The second-order valence-electron chi connectivity index (χ2n) is 17.9. The zero-order valence-corrected chi connectivity index (χ0v) is 41.4. The largest absolute Gasteiger partial charge is 0.496 e. The van der Waals surface area contributed by atoms with Crippen LogP contribution in [0, 0.1) is 40.4 Å². The summed E-state index contributed by atoms with van der Waals surface area (Å²) >= 11 is 6.12. The summed E-state index contributed by atoms with van der Waals surface area (Å²) in [6.07, 6.45) is 0.596. The number of amides is 1. The molecule has 12 heteroatoms. The van der Waals surface area contributed by atoms with Gasteiger partial charge in [0.1, 0.15) is 11.6 Å². The molecule has 0 bridgehead atoms. The predicted molar refractivity (Wildman–Crippen MR) is 269 cm³/mol. The van der Waals surface area contributed by atoms with Crippen LogP contribution in [0.15, 0.2) is 72.8 Å². The lowest BCUT2D eigenvalue weighted by atomic mass is 10.1. The number of ether oxygens (including phenoxy) is 1. The van der Waals surface area contributed by atoms with Crippen LogP contribution in [0.3, 0.4) is 0 Å². The molecule has 0 N–H and O–H groups in total. The molecule has 4 aromatic rings. The number of carbonyl (C=O) groups is 1. The predicted octanol–water partition coefficient (Wildman–Crippen LogP) is 8.40. The van der Waals surface area contributed by atoms with Crippen LogP contribution in [0.25, 0.3) is 0 Å². The standard InChI is InChI=1S/C15H22N2O2.C13H20N2.C12H17ClN2.C12H17FN2/c1-4-15(18)17-9-7-16(8-10-17)13-6-5-12(2)14(11-13)19-3;1-11-4-5-13(10-12(11)2)15-8-6-14(3)7-9-15;2*1-10-3-4-11(9-12(10)13)15-7-5-14(2)6-8-15/h5-6,11H,4,7-10H2,1-3H3;4-5,10H,6-9H2,1-3H3;2*3-4,9H,5-8H2,1-2H3. The van der Waals surface area contributed by atoms with Gasteiger partial charge in [-0.1, -0.05) is 42.8 Å². The third kappa shape index (κ3) is 14.7. The highest BCUT2D eigenvalue weighted by Gasteiger charge is 2.21. The molecule has 0 spiro atoms. The van der Waals surface area contributed by atoms with Crippen molar-refractivity contribution in [2.75, 3.05) is 153 Å². The van der Waals surface area contributed by atoms with Crippen molar-refractivity contribution in [3.8, 4) is 5.75 Å². The fourth-order valence-electron chi connectivity index (χ4n) is 8.12. The molecule has 8 rings (SSSR count). The molecule has 0 aromatic heterocycles.